The van der Waals surface area contributed by atoms with Crippen molar-refractivity contribution in [2.45, 2.75) is 6.04 Å². The van der Waals surface area contributed by atoms with Crippen LogP contribution < -0.4 is 16.4 Å². The molecule has 0 fully saturated rings. The zero-order valence-electron chi connectivity index (χ0n) is 15.3. The molecule has 0 aliphatic carbocycles. The van der Waals surface area contributed by atoms with Gasteiger partial charge in [-0.15, -0.1) is 0 Å². The van der Waals surface area contributed by atoms with Crippen molar-refractivity contribution in [2.24, 2.45) is 12.8 Å². The molecule has 0 bridgehead atoms. The van der Waals surface area contributed by atoms with Crippen LogP contribution in [-0.2, 0) is 7.05 Å². The molecule has 7 nitrogen and oxygen atoms in total. The molecule has 0 saturated heterocycles. The summed E-state index contributed by atoms with van der Waals surface area (Å²) in [6.07, 6.45) is 1.70. The summed E-state index contributed by atoms with van der Waals surface area (Å²) in [4.78, 5) is 9.10. The number of hydrogen-bond acceptors (Lipinski definition) is 6. The normalized spacial score (nSPS) is 12.1. The molecule has 4 N–H and O–H groups in total. The van der Waals surface area contributed by atoms with Crippen LogP contribution in [0.5, 0.6) is 0 Å². The standard InChI is InChI=1S/C20H20FN7/c1-28-19-16(11-24-28)18(25-15-9-7-14(21)8-10-15)26-20(27-19)23-12-17(22)13-5-3-2-4-6-13/h2-11,17H,12,22H2,1H3,(H2,23,25,26,27)/t17-/m1/s1. The Balaban J connectivity index is 1.60. The van der Waals surface area contributed by atoms with Gasteiger partial charge in [0.05, 0.1) is 11.6 Å². The van der Waals surface area contributed by atoms with Crippen molar-refractivity contribution >= 4 is 28.5 Å². The van der Waals surface area contributed by atoms with Gasteiger partial charge in [-0.05, 0) is 29.8 Å². The number of hydrogen-bond donors (Lipinski definition) is 3. The Morgan fingerprint density at radius 3 is 2.57 bits per heavy atom. The molecule has 0 spiro atoms. The molecule has 142 valence electrons. The SMILES string of the molecule is Cn1ncc2c(Nc3ccc(F)cc3)nc(NC[C@@H](N)c3ccccc3)nc21. The molecule has 0 radical (unpaired) electrons. The van der Waals surface area contributed by atoms with E-state index in [1.807, 2.05) is 37.4 Å². The molecule has 28 heavy (non-hydrogen) atoms. The molecule has 0 saturated carbocycles. The number of nitrogens with zero attached hydrogens (tertiary/aromatic N) is 4. The molecule has 1 atom stereocenters. The summed E-state index contributed by atoms with van der Waals surface area (Å²) >= 11 is 0. The van der Waals surface area contributed by atoms with Crippen molar-refractivity contribution < 1.29 is 4.39 Å². The van der Waals surface area contributed by atoms with E-state index in [0.717, 1.165) is 16.6 Å². The first-order valence-electron chi connectivity index (χ1n) is 8.87. The maximum atomic E-state index is 13.2. The smallest absolute Gasteiger partial charge is 0.226 e. The minimum Gasteiger partial charge on any atom is -0.352 e. The van der Waals surface area contributed by atoms with Crippen LogP contribution >= 0.6 is 0 Å². The van der Waals surface area contributed by atoms with E-state index in [1.54, 1.807) is 23.0 Å². The average molecular weight is 377 g/mol. The molecular formula is C20H20FN7. The van der Waals surface area contributed by atoms with E-state index >= 15 is 0 Å². The van der Waals surface area contributed by atoms with Crippen LogP contribution in [0.2, 0.25) is 0 Å². The van der Waals surface area contributed by atoms with Gasteiger partial charge in [-0.25, -0.2) is 4.39 Å². The van der Waals surface area contributed by atoms with Gasteiger partial charge in [0.1, 0.15) is 11.6 Å². The van der Waals surface area contributed by atoms with Crippen molar-refractivity contribution in [1.82, 2.24) is 19.7 Å². The van der Waals surface area contributed by atoms with Crippen LogP contribution in [0.25, 0.3) is 11.0 Å². The van der Waals surface area contributed by atoms with Crippen molar-refractivity contribution in [2.75, 3.05) is 17.2 Å². The predicted octanol–water partition coefficient (Wildman–Crippen LogP) is 3.36. The second kappa shape index (κ2) is 7.61. The fourth-order valence-electron chi connectivity index (χ4n) is 2.89. The number of fused-ring (bicyclic) bond motifs is 1. The monoisotopic (exact) mass is 377 g/mol. The van der Waals surface area contributed by atoms with E-state index in [2.05, 4.69) is 25.7 Å². The number of benzene rings is 2. The molecule has 0 aliphatic rings. The Hall–Kier alpha value is -3.52. The third-order valence-electron chi connectivity index (χ3n) is 4.41. The molecule has 2 aromatic carbocycles. The van der Waals surface area contributed by atoms with Gasteiger partial charge in [0.15, 0.2) is 5.65 Å². The number of rotatable bonds is 6. The molecular weight excluding hydrogens is 357 g/mol. The third-order valence-corrected chi connectivity index (χ3v) is 4.41. The number of aromatic nitrogens is 4. The molecule has 2 aromatic heterocycles. The van der Waals surface area contributed by atoms with Crippen LogP contribution in [0.3, 0.4) is 0 Å². The van der Waals surface area contributed by atoms with Gasteiger partial charge in [-0.2, -0.15) is 15.1 Å². The summed E-state index contributed by atoms with van der Waals surface area (Å²) in [7, 11) is 1.82. The van der Waals surface area contributed by atoms with Crippen LogP contribution in [0, 0.1) is 5.82 Å². The topological polar surface area (TPSA) is 93.7 Å². The molecule has 2 heterocycles. The fraction of sp³-hybridized carbons (Fsp3) is 0.150. The number of aryl methyl sites for hydroxylation is 1. The average Bonchev–Trinajstić information content (AvgIpc) is 3.10. The van der Waals surface area contributed by atoms with Gasteiger partial charge in [0, 0.05) is 25.3 Å². The van der Waals surface area contributed by atoms with Gasteiger partial charge >= 0.3 is 0 Å². The van der Waals surface area contributed by atoms with E-state index in [1.165, 1.54) is 12.1 Å². The van der Waals surface area contributed by atoms with E-state index in [0.29, 0.717) is 24.0 Å². The molecule has 4 rings (SSSR count). The lowest BCUT2D eigenvalue weighted by Gasteiger charge is -2.14. The van der Waals surface area contributed by atoms with Gasteiger partial charge in [-0.1, -0.05) is 30.3 Å². The molecule has 0 amide bonds. The van der Waals surface area contributed by atoms with Crippen molar-refractivity contribution in [1.29, 1.82) is 0 Å². The van der Waals surface area contributed by atoms with Crippen LogP contribution in [0.15, 0.2) is 60.8 Å². The Bertz CT molecular complexity index is 1080. The second-order valence-electron chi connectivity index (χ2n) is 6.43. The van der Waals surface area contributed by atoms with Gasteiger partial charge in [0.2, 0.25) is 5.95 Å². The first-order chi connectivity index (χ1) is 13.6. The Labute approximate surface area is 161 Å². The van der Waals surface area contributed by atoms with Crippen LogP contribution in [-0.4, -0.2) is 26.3 Å². The second-order valence-corrected chi connectivity index (χ2v) is 6.43. The van der Waals surface area contributed by atoms with Gasteiger partial charge in [0.25, 0.3) is 0 Å². The van der Waals surface area contributed by atoms with Crippen molar-refractivity contribution in [3.05, 3.63) is 72.2 Å². The van der Waals surface area contributed by atoms with Crippen LogP contribution in [0.1, 0.15) is 11.6 Å². The predicted molar refractivity (Wildman–Crippen MR) is 108 cm³/mol. The minimum absolute atomic E-state index is 0.194. The third kappa shape index (κ3) is 3.77. The summed E-state index contributed by atoms with van der Waals surface area (Å²) in [5.74, 6) is 0.726. The number of nitrogens with one attached hydrogen (secondary N) is 2. The highest BCUT2D eigenvalue weighted by Gasteiger charge is 2.13. The first kappa shape index (κ1) is 17.9. The summed E-state index contributed by atoms with van der Waals surface area (Å²) in [6.45, 7) is 0.476. The van der Waals surface area contributed by atoms with Crippen molar-refractivity contribution in [3.8, 4) is 0 Å². The van der Waals surface area contributed by atoms with E-state index in [9.17, 15) is 4.39 Å². The van der Waals surface area contributed by atoms with Crippen LogP contribution in [0.4, 0.5) is 21.8 Å². The summed E-state index contributed by atoms with van der Waals surface area (Å²) in [5.41, 5.74) is 8.68. The highest BCUT2D eigenvalue weighted by molar-refractivity contribution is 5.89. The first-order valence-corrected chi connectivity index (χ1v) is 8.87. The number of halogens is 1. The van der Waals surface area contributed by atoms with E-state index in [4.69, 9.17) is 5.73 Å². The summed E-state index contributed by atoms with van der Waals surface area (Å²) in [6, 6.07) is 15.7. The Morgan fingerprint density at radius 2 is 1.82 bits per heavy atom. The van der Waals surface area contributed by atoms with E-state index < -0.39 is 0 Å². The number of nitrogens with two attached hydrogens (primary N) is 1. The van der Waals surface area contributed by atoms with Crippen molar-refractivity contribution in [3.63, 3.8) is 0 Å². The zero-order chi connectivity index (χ0) is 19.5. The highest BCUT2D eigenvalue weighted by Crippen LogP contribution is 2.25. The molecule has 8 heteroatoms. The lowest BCUT2D eigenvalue weighted by atomic mass is 10.1. The molecule has 0 aliphatic heterocycles. The largest absolute Gasteiger partial charge is 0.352 e. The highest BCUT2D eigenvalue weighted by atomic mass is 19.1. The van der Waals surface area contributed by atoms with Gasteiger partial charge in [-0.3, -0.25) is 4.68 Å². The molecule has 4 aromatic rings. The summed E-state index contributed by atoms with van der Waals surface area (Å²) < 4.78 is 14.8. The fourth-order valence-corrected chi connectivity index (χ4v) is 2.89. The lowest BCUT2D eigenvalue weighted by molar-refractivity contribution is 0.628. The molecule has 0 unspecified atom stereocenters. The number of anilines is 3. The lowest BCUT2D eigenvalue weighted by Crippen LogP contribution is -2.21. The zero-order valence-corrected chi connectivity index (χ0v) is 15.3. The maximum absolute atomic E-state index is 13.2. The maximum Gasteiger partial charge on any atom is 0.226 e. The quantitative estimate of drug-likeness (QED) is 0.477. The minimum atomic E-state index is -0.294. The van der Waals surface area contributed by atoms with E-state index in [-0.39, 0.29) is 11.9 Å². The Morgan fingerprint density at radius 1 is 1.07 bits per heavy atom. The van der Waals surface area contributed by atoms with Gasteiger partial charge < -0.3 is 16.4 Å². The Kier molecular flexibility index (Phi) is 4.86. The summed E-state index contributed by atoms with van der Waals surface area (Å²) in [5, 5.41) is 11.4.